The minimum atomic E-state index is -0.354. The van der Waals surface area contributed by atoms with Crippen LogP contribution in [0, 0.1) is 12.3 Å². The quantitative estimate of drug-likeness (QED) is 0.472. The van der Waals surface area contributed by atoms with Crippen LogP contribution in [0.1, 0.15) is 32.1 Å². The average Bonchev–Trinajstić information content (AvgIpc) is 2.17. The van der Waals surface area contributed by atoms with Gasteiger partial charge in [-0.15, -0.1) is 6.42 Å². The second-order valence-corrected chi connectivity index (χ2v) is 3.96. The Bertz CT molecular complexity index is 231. The van der Waals surface area contributed by atoms with Crippen LogP contribution < -0.4 is 0 Å². The molecule has 72 valence electrons. The lowest BCUT2D eigenvalue weighted by Gasteiger charge is -2.39. The number of carbonyl (C=O) groups excluding carboxylic acids is 1. The van der Waals surface area contributed by atoms with Crippen molar-refractivity contribution in [3.05, 3.63) is 0 Å². The van der Waals surface area contributed by atoms with E-state index in [2.05, 4.69) is 5.92 Å². The highest BCUT2D eigenvalue weighted by molar-refractivity contribution is 6.02. The van der Waals surface area contributed by atoms with E-state index in [0.717, 1.165) is 25.7 Å². The number of likely N-dealkylation sites (N-methyl/N-ethyl adjacent to an activating group) is 1. The zero-order chi connectivity index (χ0) is 9.90. The summed E-state index contributed by atoms with van der Waals surface area (Å²) in [5, 5.41) is 0. The van der Waals surface area contributed by atoms with Crippen LogP contribution in [-0.4, -0.2) is 30.3 Å². The van der Waals surface area contributed by atoms with Crippen LogP contribution >= 0.6 is 0 Å². The fourth-order valence-electron chi connectivity index (χ4n) is 2.15. The summed E-state index contributed by atoms with van der Waals surface area (Å²) in [5.74, 6) is 2.23. The van der Waals surface area contributed by atoms with E-state index in [1.165, 1.54) is 6.42 Å². The van der Waals surface area contributed by atoms with E-state index in [0.29, 0.717) is 0 Å². The van der Waals surface area contributed by atoms with Crippen molar-refractivity contribution in [3.8, 4) is 12.3 Å². The van der Waals surface area contributed by atoms with Gasteiger partial charge in [-0.25, -0.2) is 0 Å². The molecule has 0 unspecified atom stereocenters. The van der Waals surface area contributed by atoms with Gasteiger partial charge in [0.2, 0.25) is 5.78 Å². The maximum atomic E-state index is 11.7. The van der Waals surface area contributed by atoms with Crippen LogP contribution in [0.5, 0.6) is 0 Å². The first-order valence-corrected chi connectivity index (χ1v) is 4.82. The van der Waals surface area contributed by atoms with E-state index in [4.69, 9.17) is 6.42 Å². The Morgan fingerprint density at radius 3 is 2.23 bits per heavy atom. The van der Waals surface area contributed by atoms with Crippen molar-refractivity contribution in [2.75, 3.05) is 14.1 Å². The fourth-order valence-corrected chi connectivity index (χ4v) is 2.15. The van der Waals surface area contributed by atoms with Crippen molar-refractivity contribution < 1.29 is 4.79 Å². The summed E-state index contributed by atoms with van der Waals surface area (Å²) in [7, 11) is 3.89. The van der Waals surface area contributed by atoms with Gasteiger partial charge in [-0.3, -0.25) is 9.69 Å². The molecule has 0 radical (unpaired) electrons. The van der Waals surface area contributed by atoms with E-state index in [1.54, 1.807) is 0 Å². The zero-order valence-corrected chi connectivity index (χ0v) is 8.47. The second-order valence-electron chi connectivity index (χ2n) is 3.96. The van der Waals surface area contributed by atoms with Crippen LogP contribution in [0.25, 0.3) is 0 Å². The summed E-state index contributed by atoms with van der Waals surface area (Å²) in [6.45, 7) is 0. The maximum absolute atomic E-state index is 11.7. The zero-order valence-electron chi connectivity index (χ0n) is 8.47. The van der Waals surface area contributed by atoms with Gasteiger partial charge in [0, 0.05) is 0 Å². The molecule has 1 fully saturated rings. The van der Waals surface area contributed by atoms with Crippen molar-refractivity contribution in [3.63, 3.8) is 0 Å². The maximum Gasteiger partial charge on any atom is 0.225 e. The second kappa shape index (κ2) is 3.93. The number of terminal acetylenes is 1. The first-order chi connectivity index (χ1) is 6.13. The van der Waals surface area contributed by atoms with Crippen molar-refractivity contribution >= 4 is 5.78 Å². The number of hydrogen-bond acceptors (Lipinski definition) is 2. The Labute approximate surface area is 80.3 Å². The van der Waals surface area contributed by atoms with Crippen LogP contribution in [-0.2, 0) is 4.79 Å². The van der Waals surface area contributed by atoms with Crippen molar-refractivity contribution in [2.45, 2.75) is 37.6 Å². The summed E-state index contributed by atoms with van der Waals surface area (Å²) in [6, 6.07) is 0. The van der Waals surface area contributed by atoms with Gasteiger partial charge in [0.25, 0.3) is 0 Å². The Kier molecular flexibility index (Phi) is 3.11. The van der Waals surface area contributed by atoms with E-state index in [9.17, 15) is 4.79 Å². The molecule has 0 N–H and O–H groups in total. The number of Topliss-reactive ketones (excluding diaryl/α,β-unsaturated/α-hetero) is 1. The summed E-state index contributed by atoms with van der Waals surface area (Å²) in [4.78, 5) is 13.6. The van der Waals surface area contributed by atoms with E-state index in [-0.39, 0.29) is 11.3 Å². The smallest absolute Gasteiger partial charge is 0.225 e. The van der Waals surface area contributed by atoms with Crippen molar-refractivity contribution in [1.29, 1.82) is 0 Å². The van der Waals surface area contributed by atoms with Crippen LogP contribution in [0.2, 0.25) is 0 Å². The van der Waals surface area contributed by atoms with Gasteiger partial charge in [-0.2, -0.15) is 0 Å². The molecule has 2 heteroatoms. The van der Waals surface area contributed by atoms with E-state index >= 15 is 0 Å². The first-order valence-electron chi connectivity index (χ1n) is 4.82. The molecule has 13 heavy (non-hydrogen) atoms. The third kappa shape index (κ3) is 1.76. The lowest BCUT2D eigenvalue weighted by atomic mass is 9.78. The molecule has 0 aliphatic heterocycles. The monoisotopic (exact) mass is 179 g/mol. The molecule has 1 aliphatic rings. The molecule has 0 aromatic rings. The number of nitrogens with zero attached hydrogens (tertiary/aromatic N) is 1. The lowest BCUT2D eigenvalue weighted by Crippen LogP contribution is -2.51. The van der Waals surface area contributed by atoms with Gasteiger partial charge in [-0.1, -0.05) is 19.3 Å². The van der Waals surface area contributed by atoms with Gasteiger partial charge in [0.1, 0.15) is 0 Å². The molecule has 0 atom stereocenters. The molecule has 0 bridgehead atoms. The summed E-state index contributed by atoms with van der Waals surface area (Å²) < 4.78 is 0. The predicted molar refractivity (Wildman–Crippen MR) is 53.3 cm³/mol. The van der Waals surface area contributed by atoms with Gasteiger partial charge >= 0.3 is 0 Å². The molecular weight excluding hydrogens is 162 g/mol. The summed E-state index contributed by atoms with van der Waals surface area (Å²) >= 11 is 0. The summed E-state index contributed by atoms with van der Waals surface area (Å²) in [6.07, 6.45) is 10.5. The third-order valence-electron chi connectivity index (χ3n) is 3.09. The number of hydrogen-bond donors (Lipinski definition) is 0. The van der Waals surface area contributed by atoms with Crippen LogP contribution in [0.15, 0.2) is 0 Å². The van der Waals surface area contributed by atoms with E-state index < -0.39 is 0 Å². The lowest BCUT2D eigenvalue weighted by molar-refractivity contribution is -0.125. The highest BCUT2D eigenvalue weighted by Gasteiger charge is 2.40. The topological polar surface area (TPSA) is 20.3 Å². The molecule has 0 aromatic heterocycles. The van der Waals surface area contributed by atoms with Crippen molar-refractivity contribution in [1.82, 2.24) is 4.90 Å². The molecule has 0 amide bonds. The first kappa shape index (κ1) is 10.3. The molecule has 0 aromatic carbocycles. The Morgan fingerprint density at radius 1 is 1.31 bits per heavy atom. The Hall–Kier alpha value is -0.810. The fraction of sp³-hybridized carbons (Fsp3) is 0.727. The minimum Gasteiger partial charge on any atom is -0.296 e. The highest BCUT2D eigenvalue weighted by Crippen LogP contribution is 2.32. The Morgan fingerprint density at radius 2 is 1.85 bits per heavy atom. The molecule has 1 saturated carbocycles. The standard InChI is InChI=1S/C11H17NO/c1-4-10(13)11(12(2)3)8-6-5-7-9-11/h1H,5-9H2,2-3H3. The normalized spacial score (nSPS) is 21.1. The van der Waals surface area contributed by atoms with Gasteiger partial charge in [0.05, 0.1) is 5.54 Å². The van der Waals surface area contributed by atoms with Crippen LogP contribution in [0.3, 0.4) is 0 Å². The minimum absolute atomic E-state index is 0.0443. The molecule has 1 rings (SSSR count). The van der Waals surface area contributed by atoms with Gasteiger partial charge in [0.15, 0.2) is 0 Å². The average molecular weight is 179 g/mol. The highest BCUT2D eigenvalue weighted by atomic mass is 16.1. The van der Waals surface area contributed by atoms with Gasteiger partial charge < -0.3 is 0 Å². The van der Waals surface area contributed by atoms with Crippen LogP contribution in [0.4, 0.5) is 0 Å². The third-order valence-corrected chi connectivity index (χ3v) is 3.09. The van der Waals surface area contributed by atoms with E-state index in [1.807, 2.05) is 19.0 Å². The molecule has 0 saturated heterocycles. The number of ketones is 1. The predicted octanol–water partition coefficient (Wildman–Crippen LogP) is 1.45. The van der Waals surface area contributed by atoms with Gasteiger partial charge in [-0.05, 0) is 32.9 Å². The SMILES string of the molecule is C#CC(=O)C1(N(C)C)CCCCC1. The Balaban J connectivity index is 2.87. The molecule has 1 aliphatic carbocycles. The molecule has 0 heterocycles. The summed E-state index contributed by atoms with van der Waals surface area (Å²) in [5.41, 5.74) is -0.354. The molecule has 2 nitrogen and oxygen atoms in total. The number of carbonyl (C=O) groups is 1. The number of rotatable bonds is 2. The van der Waals surface area contributed by atoms with Crippen molar-refractivity contribution in [2.24, 2.45) is 0 Å². The molecule has 0 spiro atoms. The largest absolute Gasteiger partial charge is 0.296 e. The molecular formula is C11H17NO.